The minimum Gasteiger partial charge on any atom is -0.360 e. The molecule has 4 heterocycles. The Bertz CT molecular complexity index is 1520. The van der Waals surface area contributed by atoms with Crippen molar-refractivity contribution in [2.24, 2.45) is 0 Å². The van der Waals surface area contributed by atoms with Crippen molar-refractivity contribution in [3.05, 3.63) is 59.9 Å². The molecular weight excluding hydrogens is 473 g/mol. The molecule has 10 heteroatoms. The molecule has 1 saturated heterocycles. The molecule has 1 fully saturated rings. The Morgan fingerprint density at radius 3 is 2.74 bits per heavy atom. The van der Waals surface area contributed by atoms with E-state index in [9.17, 15) is 13.2 Å². The van der Waals surface area contributed by atoms with Crippen molar-refractivity contribution in [1.29, 1.82) is 0 Å². The molecular formula is C25H21F3N6S. The Kier molecular flexibility index (Phi) is 5.42. The van der Waals surface area contributed by atoms with E-state index in [1.54, 1.807) is 17.5 Å². The summed E-state index contributed by atoms with van der Waals surface area (Å²) in [5.74, 6) is 0.200. The number of anilines is 1. The minimum absolute atomic E-state index is 0.0785. The van der Waals surface area contributed by atoms with E-state index < -0.39 is 11.7 Å². The number of alkyl halides is 3. The highest BCUT2D eigenvalue weighted by atomic mass is 32.1. The van der Waals surface area contributed by atoms with Crippen LogP contribution < -0.4 is 10.6 Å². The van der Waals surface area contributed by atoms with Crippen molar-refractivity contribution in [2.75, 3.05) is 18.4 Å². The first kappa shape index (κ1) is 22.0. The Labute approximate surface area is 202 Å². The van der Waals surface area contributed by atoms with Gasteiger partial charge in [0.05, 0.1) is 21.4 Å². The van der Waals surface area contributed by atoms with Gasteiger partial charge in [0.25, 0.3) is 0 Å². The van der Waals surface area contributed by atoms with Crippen LogP contribution in [0.5, 0.6) is 0 Å². The number of rotatable bonds is 4. The van der Waals surface area contributed by atoms with Crippen molar-refractivity contribution in [2.45, 2.75) is 25.1 Å². The fourth-order valence-corrected chi connectivity index (χ4v) is 5.27. The summed E-state index contributed by atoms with van der Waals surface area (Å²) < 4.78 is 42.8. The number of aromatic nitrogens is 4. The summed E-state index contributed by atoms with van der Waals surface area (Å²) in [6, 6.07) is 11.8. The van der Waals surface area contributed by atoms with Crippen LogP contribution in [0.3, 0.4) is 0 Å². The molecule has 35 heavy (non-hydrogen) atoms. The van der Waals surface area contributed by atoms with Crippen LogP contribution in [0.25, 0.3) is 43.5 Å². The van der Waals surface area contributed by atoms with E-state index in [0.717, 1.165) is 59.0 Å². The molecule has 0 bridgehead atoms. The lowest BCUT2D eigenvalue weighted by Gasteiger charge is -2.24. The standard InChI is InChI=1S/C25H21F3N6S/c26-25(27,28)19-12-31-24(33-16-2-1-7-29-10-16)34-23(19)18-11-30-21-8-14(3-5-17(18)21)15-4-6-20-22(9-15)35-13-32-20/h3-6,8-9,11-13,16,29-30H,1-2,7,10H2,(H,31,33,34)/t16-/m0/s1. The number of fused-ring (bicyclic) bond motifs is 2. The highest BCUT2D eigenvalue weighted by Crippen LogP contribution is 2.39. The van der Waals surface area contributed by atoms with Gasteiger partial charge in [-0.05, 0) is 48.7 Å². The predicted octanol–water partition coefficient (Wildman–Crippen LogP) is 6.08. The zero-order valence-electron chi connectivity index (χ0n) is 18.5. The molecule has 0 unspecified atom stereocenters. The third kappa shape index (κ3) is 4.23. The zero-order chi connectivity index (χ0) is 24.0. The number of halogens is 3. The van der Waals surface area contributed by atoms with Crippen LogP contribution >= 0.6 is 11.3 Å². The van der Waals surface area contributed by atoms with Gasteiger partial charge in [0, 0.05) is 41.4 Å². The van der Waals surface area contributed by atoms with Crippen LogP contribution in [0, 0.1) is 0 Å². The summed E-state index contributed by atoms with van der Waals surface area (Å²) in [7, 11) is 0. The number of aromatic amines is 1. The van der Waals surface area contributed by atoms with Gasteiger partial charge in [-0.2, -0.15) is 13.2 Å². The smallest absolute Gasteiger partial charge is 0.360 e. The second-order valence-corrected chi connectivity index (χ2v) is 9.53. The number of piperidine rings is 1. The summed E-state index contributed by atoms with van der Waals surface area (Å²) in [5, 5.41) is 7.13. The summed E-state index contributed by atoms with van der Waals surface area (Å²) >= 11 is 1.57. The first-order valence-electron chi connectivity index (χ1n) is 11.3. The van der Waals surface area contributed by atoms with Gasteiger partial charge in [0.2, 0.25) is 5.95 Å². The molecule has 6 nitrogen and oxygen atoms in total. The van der Waals surface area contributed by atoms with Crippen molar-refractivity contribution in [3.8, 4) is 22.4 Å². The Balaban J connectivity index is 1.40. The molecule has 3 aromatic heterocycles. The van der Waals surface area contributed by atoms with Crippen LogP contribution in [0.2, 0.25) is 0 Å². The molecule has 6 rings (SSSR count). The molecule has 0 radical (unpaired) electrons. The van der Waals surface area contributed by atoms with Crippen LogP contribution in [0.4, 0.5) is 19.1 Å². The largest absolute Gasteiger partial charge is 0.419 e. The van der Waals surface area contributed by atoms with Gasteiger partial charge in [-0.25, -0.2) is 15.0 Å². The molecule has 1 aliphatic rings. The third-order valence-electron chi connectivity index (χ3n) is 6.33. The Morgan fingerprint density at radius 1 is 1.06 bits per heavy atom. The van der Waals surface area contributed by atoms with Crippen LogP contribution in [0.1, 0.15) is 18.4 Å². The second kappa shape index (κ2) is 8.62. The normalized spacial score (nSPS) is 16.7. The van der Waals surface area contributed by atoms with Gasteiger partial charge < -0.3 is 15.6 Å². The molecule has 1 aliphatic heterocycles. The maximum absolute atomic E-state index is 13.9. The maximum atomic E-state index is 13.9. The molecule has 0 aliphatic carbocycles. The minimum atomic E-state index is -4.58. The molecule has 0 spiro atoms. The molecule has 0 saturated carbocycles. The number of nitrogens with one attached hydrogen (secondary N) is 3. The molecule has 1 atom stereocenters. The number of hydrogen-bond donors (Lipinski definition) is 3. The average molecular weight is 495 g/mol. The van der Waals surface area contributed by atoms with Gasteiger partial charge >= 0.3 is 6.18 Å². The fourth-order valence-electron chi connectivity index (χ4n) is 4.56. The summed E-state index contributed by atoms with van der Waals surface area (Å²) in [5.41, 5.74) is 4.87. The van der Waals surface area contributed by atoms with Crippen molar-refractivity contribution < 1.29 is 13.2 Å². The monoisotopic (exact) mass is 494 g/mol. The number of H-pyrrole nitrogens is 1. The Morgan fingerprint density at radius 2 is 1.91 bits per heavy atom. The van der Waals surface area contributed by atoms with Crippen molar-refractivity contribution >= 4 is 38.4 Å². The summed E-state index contributed by atoms with van der Waals surface area (Å²) in [4.78, 5) is 15.8. The molecule has 3 N–H and O–H groups in total. The quantitative estimate of drug-likeness (QED) is 0.282. The topological polar surface area (TPSA) is 78.5 Å². The molecule has 0 amide bonds. The van der Waals surface area contributed by atoms with Crippen LogP contribution in [0.15, 0.2) is 54.3 Å². The zero-order valence-corrected chi connectivity index (χ0v) is 19.3. The first-order chi connectivity index (χ1) is 17.0. The Hall–Kier alpha value is -3.50. The highest BCUT2D eigenvalue weighted by molar-refractivity contribution is 7.16. The van der Waals surface area contributed by atoms with Gasteiger partial charge in [0.1, 0.15) is 5.56 Å². The summed E-state index contributed by atoms with van der Waals surface area (Å²) in [6.45, 7) is 1.66. The van der Waals surface area contributed by atoms with E-state index in [1.165, 1.54) is 0 Å². The third-order valence-corrected chi connectivity index (χ3v) is 7.12. The molecule has 5 aromatic rings. The fraction of sp³-hybridized carbons (Fsp3) is 0.240. The lowest BCUT2D eigenvalue weighted by Crippen LogP contribution is -2.38. The molecule has 178 valence electrons. The lowest BCUT2D eigenvalue weighted by molar-refractivity contribution is -0.137. The van der Waals surface area contributed by atoms with Gasteiger partial charge in [-0.1, -0.05) is 18.2 Å². The predicted molar refractivity (Wildman–Crippen MR) is 132 cm³/mol. The number of benzene rings is 2. The van der Waals surface area contributed by atoms with Crippen LogP contribution in [-0.4, -0.2) is 39.1 Å². The van der Waals surface area contributed by atoms with E-state index in [1.807, 2.05) is 35.8 Å². The van der Waals surface area contributed by atoms with E-state index in [-0.39, 0.29) is 17.7 Å². The van der Waals surface area contributed by atoms with E-state index in [2.05, 4.69) is 36.6 Å². The van der Waals surface area contributed by atoms with E-state index >= 15 is 0 Å². The van der Waals surface area contributed by atoms with Crippen LogP contribution in [-0.2, 0) is 6.18 Å². The van der Waals surface area contributed by atoms with Gasteiger partial charge in [-0.3, -0.25) is 0 Å². The maximum Gasteiger partial charge on any atom is 0.419 e. The van der Waals surface area contributed by atoms with E-state index in [0.29, 0.717) is 10.9 Å². The molecule has 2 aromatic carbocycles. The lowest BCUT2D eigenvalue weighted by atomic mass is 10.0. The van der Waals surface area contributed by atoms with Crippen molar-refractivity contribution in [1.82, 2.24) is 25.3 Å². The van der Waals surface area contributed by atoms with E-state index in [4.69, 9.17) is 0 Å². The van der Waals surface area contributed by atoms with Gasteiger partial charge in [0.15, 0.2) is 0 Å². The SMILES string of the molecule is FC(F)(F)c1cnc(N[C@H]2CCCNC2)nc1-c1c[nH]c2cc(-c3ccc4ncsc4c3)ccc12. The number of hydrogen-bond acceptors (Lipinski definition) is 6. The first-order valence-corrected chi connectivity index (χ1v) is 12.2. The second-order valence-electron chi connectivity index (χ2n) is 8.64. The number of thiazole rings is 1. The number of nitrogens with zero attached hydrogens (tertiary/aromatic N) is 3. The summed E-state index contributed by atoms with van der Waals surface area (Å²) in [6.07, 6.45) is -0.210. The average Bonchev–Trinajstić information content (AvgIpc) is 3.50. The van der Waals surface area contributed by atoms with Crippen molar-refractivity contribution in [3.63, 3.8) is 0 Å². The highest BCUT2D eigenvalue weighted by Gasteiger charge is 2.36. The van der Waals surface area contributed by atoms with Gasteiger partial charge in [-0.15, -0.1) is 11.3 Å².